The lowest BCUT2D eigenvalue weighted by Crippen LogP contribution is -2.47. The number of methoxy groups -OCH3 is 1. The van der Waals surface area contributed by atoms with Crippen LogP contribution in [0.15, 0.2) is 65.5 Å². The number of carbonyl (C=O) groups is 1. The van der Waals surface area contributed by atoms with Crippen LogP contribution in [0.1, 0.15) is 43.7 Å². The predicted molar refractivity (Wildman–Crippen MR) is 129 cm³/mol. The van der Waals surface area contributed by atoms with E-state index in [2.05, 4.69) is 28.6 Å². The van der Waals surface area contributed by atoms with Crippen LogP contribution in [-0.2, 0) is 11.3 Å². The van der Waals surface area contributed by atoms with Crippen molar-refractivity contribution in [1.29, 1.82) is 0 Å². The number of amides is 1. The third-order valence-electron chi connectivity index (χ3n) is 6.25. The Bertz CT molecular complexity index is 1210. The molecule has 0 bridgehead atoms. The first-order valence-corrected chi connectivity index (χ1v) is 11.9. The Balaban J connectivity index is 1.27. The summed E-state index contributed by atoms with van der Waals surface area (Å²) in [6, 6.07) is 15.1. The summed E-state index contributed by atoms with van der Waals surface area (Å²) in [5.74, 6) is 2.28. The van der Waals surface area contributed by atoms with Gasteiger partial charge in [0.2, 0.25) is 11.7 Å². The van der Waals surface area contributed by atoms with Gasteiger partial charge in [-0.1, -0.05) is 48.8 Å². The Morgan fingerprint density at radius 1 is 1.11 bits per heavy atom. The number of hydrogen-bond donors (Lipinski definition) is 1. The second-order valence-corrected chi connectivity index (χ2v) is 8.56. The van der Waals surface area contributed by atoms with E-state index in [0.717, 1.165) is 29.7 Å². The van der Waals surface area contributed by atoms with Crippen molar-refractivity contribution in [2.45, 2.75) is 44.8 Å². The first kappa shape index (κ1) is 22.9. The van der Waals surface area contributed by atoms with Crippen LogP contribution in [0.5, 0.6) is 11.5 Å². The van der Waals surface area contributed by atoms with Gasteiger partial charge < -0.3 is 23.9 Å². The molecule has 2 aliphatic rings. The number of fused-ring (bicyclic) bond motifs is 1. The molecule has 1 N–H and O–H groups in total. The highest BCUT2D eigenvalue weighted by Gasteiger charge is 2.41. The maximum atomic E-state index is 13.3. The van der Waals surface area contributed by atoms with E-state index in [1.54, 1.807) is 18.2 Å². The molecule has 0 spiro atoms. The van der Waals surface area contributed by atoms with Gasteiger partial charge >= 0.3 is 0 Å². The maximum absolute atomic E-state index is 13.3. The average molecular weight is 476 g/mol. The number of unbranched alkanes of at least 4 members (excludes halogenated alkanes) is 1. The molecule has 5 rings (SSSR count). The average Bonchev–Trinajstić information content (AvgIpc) is 3.54. The van der Waals surface area contributed by atoms with Crippen molar-refractivity contribution in [2.75, 3.05) is 13.7 Å². The molecular weight excluding hydrogens is 446 g/mol. The van der Waals surface area contributed by atoms with Crippen LogP contribution in [0.25, 0.3) is 11.4 Å². The lowest BCUT2D eigenvalue weighted by Gasteiger charge is -2.30. The lowest BCUT2D eigenvalue weighted by molar-refractivity contribution is -0.135. The van der Waals surface area contributed by atoms with E-state index in [1.807, 2.05) is 53.7 Å². The summed E-state index contributed by atoms with van der Waals surface area (Å²) in [6.07, 6.45) is 6.33. The number of nitrogens with zero attached hydrogens (tertiary/aromatic N) is 4. The SMILES string of the molecule is CCCCOc1ccccc1C1CC2C(=O)N(Cc3nc(-c4ccccc4OC)no3)C=CN2N1. The smallest absolute Gasteiger partial charge is 0.251 e. The zero-order chi connectivity index (χ0) is 24.2. The van der Waals surface area contributed by atoms with Crippen LogP contribution in [0.3, 0.4) is 0 Å². The van der Waals surface area contributed by atoms with Gasteiger partial charge in [0, 0.05) is 18.0 Å². The molecule has 2 atom stereocenters. The molecular formula is C26H29N5O4. The Labute approximate surface area is 204 Å². The van der Waals surface area contributed by atoms with Gasteiger partial charge in [-0.05, 0) is 31.0 Å². The molecule has 9 nitrogen and oxygen atoms in total. The summed E-state index contributed by atoms with van der Waals surface area (Å²) >= 11 is 0. The van der Waals surface area contributed by atoms with E-state index in [4.69, 9.17) is 14.0 Å². The number of aromatic nitrogens is 2. The molecule has 1 saturated heterocycles. The molecule has 1 aromatic heterocycles. The lowest BCUT2D eigenvalue weighted by atomic mass is 10.00. The van der Waals surface area contributed by atoms with Crippen molar-refractivity contribution in [3.05, 3.63) is 72.4 Å². The number of nitrogens with one attached hydrogen (secondary N) is 1. The fourth-order valence-electron chi connectivity index (χ4n) is 4.40. The van der Waals surface area contributed by atoms with Crippen LogP contribution in [-0.4, -0.2) is 45.7 Å². The Morgan fingerprint density at radius 3 is 2.74 bits per heavy atom. The number of carbonyl (C=O) groups excluding carboxylic acids is 1. The van der Waals surface area contributed by atoms with Crippen LogP contribution >= 0.6 is 0 Å². The third kappa shape index (κ3) is 4.72. The second kappa shape index (κ2) is 10.2. The van der Waals surface area contributed by atoms with Gasteiger partial charge in [-0.3, -0.25) is 4.79 Å². The standard InChI is InChI=1S/C26H29N5O4/c1-3-4-15-34-23-12-8-5-9-18(23)20-16-21-26(32)30(13-14-31(21)28-20)17-24-27-25(29-35-24)19-10-6-7-11-22(19)33-2/h5-14,20-21,28H,3-4,15-17H2,1-2H3. The molecule has 1 amide bonds. The molecule has 2 aliphatic heterocycles. The number of hydrazine groups is 1. The quantitative estimate of drug-likeness (QED) is 0.463. The van der Waals surface area contributed by atoms with Crippen molar-refractivity contribution in [1.82, 2.24) is 25.5 Å². The summed E-state index contributed by atoms with van der Waals surface area (Å²) < 4.78 is 16.8. The fourth-order valence-corrected chi connectivity index (χ4v) is 4.40. The van der Waals surface area contributed by atoms with Crippen LogP contribution in [0.2, 0.25) is 0 Å². The highest BCUT2D eigenvalue weighted by atomic mass is 16.5. The number of hydrogen-bond acceptors (Lipinski definition) is 8. The molecule has 3 heterocycles. The molecule has 182 valence electrons. The van der Waals surface area contributed by atoms with E-state index >= 15 is 0 Å². The van der Waals surface area contributed by atoms with Crippen LogP contribution in [0, 0.1) is 0 Å². The van der Waals surface area contributed by atoms with Gasteiger partial charge in [-0.2, -0.15) is 4.98 Å². The van der Waals surface area contributed by atoms with Gasteiger partial charge in [0.15, 0.2) is 0 Å². The summed E-state index contributed by atoms with van der Waals surface area (Å²) in [6.45, 7) is 3.02. The van der Waals surface area contributed by atoms with Gasteiger partial charge in [0.25, 0.3) is 5.91 Å². The third-order valence-corrected chi connectivity index (χ3v) is 6.25. The fraction of sp³-hybridized carbons (Fsp3) is 0.346. The van der Waals surface area contributed by atoms with Crippen molar-refractivity contribution in [2.24, 2.45) is 0 Å². The monoisotopic (exact) mass is 475 g/mol. The topological polar surface area (TPSA) is 93.0 Å². The van der Waals surface area contributed by atoms with Crippen molar-refractivity contribution >= 4 is 5.91 Å². The van der Waals surface area contributed by atoms with Gasteiger partial charge in [0.1, 0.15) is 24.1 Å². The normalized spacial score (nSPS) is 19.2. The highest BCUT2D eigenvalue weighted by molar-refractivity contribution is 5.84. The van der Waals surface area contributed by atoms with Crippen molar-refractivity contribution in [3.8, 4) is 22.9 Å². The van der Waals surface area contributed by atoms with E-state index < -0.39 is 0 Å². The summed E-state index contributed by atoms with van der Waals surface area (Å²) in [5.41, 5.74) is 5.24. The first-order valence-electron chi connectivity index (χ1n) is 11.9. The zero-order valence-electron chi connectivity index (χ0n) is 19.9. The minimum atomic E-state index is -0.328. The second-order valence-electron chi connectivity index (χ2n) is 8.56. The largest absolute Gasteiger partial charge is 0.496 e. The molecule has 3 aromatic rings. The zero-order valence-corrected chi connectivity index (χ0v) is 19.9. The highest BCUT2D eigenvalue weighted by Crippen LogP contribution is 2.35. The minimum absolute atomic E-state index is 0.0214. The van der Waals surface area contributed by atoms with E-state index in [1.165, 1.54) is 0 Å². The molecule has 0 saturated carbocycles. The van der Waals surface area contributed by atoms with Gasteiger partial charge in [-0.25, -0.2) is 5.43 Å². The van der Waals surface area contributed by atoms with Gasteiger partial charge in [-0.15, -0.1) is 0 Å². The number of para-hydroxylation sites is 2. The Kier molecular flexibility index (Phi) is 6.67. The Hall–Kier alpha value is -3.85. The molecule has 2 unspecified atom stereocenters. The van der Waals surface area contributed by atoms with Gasteiger partial charge in [0.05, 0.1) is 25.3 Å². The molecule has 9 heteroatoms. The van der Waals surface area contributed by atoms with Crippen molar-refractivity contribution in [3.63, 3.8) is 0 Å². The molecule has 0 aliphatic carbocycles. The van der Waals surface area contributed by atoms with Crippen LogP contribution in [0.4, 0.5) is 0 Å². The summed E-state index contributed by atoms with van der Waals surface area (Å²) in [7, 11) is 1.60. The summed E-state index contributed by atoms with van der Waals surface area (Å²) in [4.78, 5) is 19.4. The minimum Gasteiger partial charge on any atom is -0.496 e. The molecule has 1 fully saturated rings. The van der Waals surface area contributed by atoms with E-state index in [0.29, 0.717) is 30.5 Å². The predicted octanol–water partition coefficient (Wildman–Crippen LogP) is 4.06. The number of rotatable bonds is 9. The maximum Gasteiger partial charge on any atom is 0.251 e. The Morgan fingerprint density at radius 2 is 1.91 bits per heavy atom. The summed E-state index contributed by atoms with van der Waals surface area (Å²) in [5, 5.41) is 5.95. The molecule has 2 aromatic carbocycles. The van der Waals surface area contributed by atoms with Crippen molar-refractivity contribution < 1.29 is 18.8 Å². The first-order chi connectivity index (χ1) is 17.2. The van der Waals surface area contributed by atoms with Crippen LogP contribution < -0.4 is 14.9 Å². The molecule has 35 heavy (non-hydrogen) atoms. The number of benzene rings is 2. The van der Waals surface area contributed by atoms with E-state index in [-0.39, 0.29) is 24.5 Å². The number of ether oxygens (including phenoxy) is 2. The molecule has 0 radical (unpaired) electrons. The van der Waals surface area contributed by atoms with E-state index in [9.17, 15) is 4.79 Å².